The molecule has 1 fully saturated rings. The minimum Gasteiger partial charge on any atom is -0.370 e. The third kappa shape index (κ3) is 2.74. The molecular formula is C13H24N4O. The topological polar surface area (TPSA) is 56.3 Å². The molecule has 1 aromatic rings. The number of hydrogen-bond donors (Lipinski definition) is 1. The number of nitrogens with zero attached hydrogens (tertiary/aromatic N) is 3. The molecule has 0 aromatic carbocycles. The van der Waals surface area contributed by atoms with E-state index < -0.39 is 0 Å². The SMILES string of the molecule is CC1CN(C(CN)c2cncn2C)CC(C)(C)O1. The molecule has 0 saturated carbocycles. The van der Waals surface area contributed by atoms with Crippen LogP contribution in [0.5, 0.6) is 0 Å². The van der Waals surface area contributed by atoms with Crippen molar-refractivity contribution < 1.29 is 4.74 Å². The molecule has 0 bridgehead atoms. The number of rotatable bonds is 3. The van der Waals surface area contributed by atoms with Crippen LogP contribution < -0.4 is 5.73 Å². The predicted molar refractivity (Wildman–Crippen MR) is 71.2 cm³/mol. The molecule has 102 valence electrons. The first-order valence-corrected chi connectivity index (χ1v) is 6.51. The van der Waals surface area contributed by atoms with Crippen molar-refractivity contribution in [2.75, 3.05) is 19.6 Å². The van der Waals surface area contributed by atoms with Gasteiger partial charge in [0.1, 0.15) is 0 Å². The van der Waals surface area contributed by atoms with Crippen LogP contribution in [0.15, 0.2) is 12.5 Å². The molecule has 0 amide bonds. The zero-order valence-electron chi connectivity index (χ0n) is 11.8. The Hall–Kier alpha value is -0.910. The summed E-state index contributed by atoms with van der Waals surface area (Å²) in [5.41, 5.74) is 7.02. The van der Waals surface area contributed by atoms with E-state index in [-0.39, 0.29) is 17.7 Å². The number of aryl methyl sites for hydroxylation is 1. The summed E-state index contributed by atoms with van der Waals surface area (Å²) in [7, 11) is 2.01. The van der Waals surface area contributed by atoms with Crippen molar-refractivity contribution >= 4 is 0 Å². The normalized spacial score (nSPS) is 26.2. The van der Waals surface area contributed by atoms with Crippen molar-refractivity contribution in [3.8, 4) is 0 Å². The summed E-state index contributed by atoms with van der Waals surface area (Å²) in [5.74, 6) is 0. The van der Waals surface area contributed by atoms with Crippen molar-refractivity contribution in [3.05, 3.63) is 18.2 Å². The molecule has 0 spiro atoms. The monoisotopic (exact) mass is 252 g/mol. The average Bonchev–Trinajstić information content (AvgIpc) is 2.63. The van der Waals surface area contributed by atoms with Gasteiger partial charge in [0, 0.05) is 32.9 Å². The van der Waals surface area contributed by atoms with Crippen molar-refractivity contribution in [3.63, 3.8) is 0 Å². The van der Waals surface area contributed by atoms with Gasteiger partial charge >= 0.3 is 0 Å². The number of ether oxygens (including phenoxy) is 1. The smallest absolute Gasteiger partial charge is 0.0946 e. The second-order valence-electron chi connectivity index (χ2n) is 5.80. The van der Waals surface area contributed by atoms with Gasteiger partial charge in [0.25, 0.3) is 0 Å². The molecule has 2 rings (SSSR count). The lowest BCUT2D eigenvalue weighted by Gasteiger charge is -2.44. The van der Waals surface area contributed by atoms with E-state index in [0.29, 0.717) is 6.54 Å². The van der Waals surface area contributed by atoms with Gasteiger partial charge in [0.2, 0.25) is 0 Å². The van der Waals surface area contributed by atoms with E-state index in [1.54, 1.807) is 0 Å². The second kappa shape index (κ2) is 4.99. The largest absolute Gasteiger partial charge is 0.370 e. The maximum Gasteiger partial charge on any atom is 0.0946 e. The van der Waals surface area contributed by atoms with Gasteiger partial charge in [0.05, 0.1) is 29.8 Å². The van der Waals surface area contributed by atoms with Crippen LogP contribution in [0, 0.1) is 0 Å². The summed E-state index contributed by atoms with van der Waals surface area (Å²) in [5, 5.41) is 0. The summed E-state index contributed by atoms with van der Waals surface area (Å²) in [4.78, 5) is 6.60. The Balaban J connectivity index is 2.20. The molecular weight excluding hydrogens is 228 g/mol. The van der Waals surface area contributed by atoms with Gasteiger partial charge in [0.15, 0.2) is 0 Å². The number of hydrogen-bond acceptors (Lipinski definition) is 4. The highest BCUT2D eigenvalue weighted by atomic mass is 16.5. The fraction of sp³-hybridized carbons (Fsp3) is 0.769. The molecule has 5 nitrogen and oxygen atoms in total. The summed E-state index contributed by atoms with van der Waals surface area (Å²) in [6.45, 7) is 8.78. The van der Waals surface area contributed by atoms with E-state index in [1.165, 1.54) is 5.69 Å². The molecule has 18 heavy (non-hydrogen) atoms. The van der Waals surface area contributed by atoms with Crippen molar-refractivity contribution in [1.29, 1.82) is 0 Å². The van der Waals surface area contributed by atoms with Crippen molar-refractivity contribution in [1.82, 2.24) is 14.5 Å². The molecule has 2 heterocycles. The van der Waals surface area contributed by atoms with E-state index in [0.717, 1.165) is 13.1 Å². The summed E-state index contributed by atoms with van der Waals surface area (Å²) < 4.78 is 7.99. The summed E-state index contributed by atoms with van der Waals surface area (Å²) >= 11 is 0. The highest BCUT2D eigenvalue weighted by Gasteiger charge is 2.35. The van der Waals surface area contributed by atoms with Crippen LogP contribution in [-0.2, 0) is 11.8 Å². The number of nitrogens with two attached hydrogens (primary N) is 1. The van der Waals surface area contributed by atoms with Crippen molar-refractivity contribution in [2.45, 2.75) is 38.5 Å². The van der Waals surface area contributed by atoms with Gasteiger partial charge in [-0.3, -0.25) is 4.90 Å². The average molecular weight is 252 g/mol. The van der Waals surface area contributed by atoms with Gasteiger partial charge in [-0.1, -0.05) is 0 Å². The third-order valence-corrected chi connectivity index (χ3v) is 3.46. The molecule has 2 unspecified atom stereocenters. The minimum absolute atomic E-state index is 0.121. The molecule has 1 aromatic heterocycles. The molecule has 0 radical (unpaired) electrons. The fourth-order valence-electron chi connectivity index (χ4n) is 2.89. The first kappa shape index (κ1) is 13.5. The van der Waals surface area contributed by atoms with Crippen LogP contribution in [0.25, 0.3) is 0 Å². The van der Waals surface area contributed by atoms with Gasteiger partial charge in [-0.25, -0.2) is 4.98 Å². The molecule has 2 atom stereocenters. The highest BCUT2D eigenvalue weighted by Crippen LogP contribution is 2.28. The van der Waals surface area contributed by atoms with Crippen LogP contribution in [0.3, 0.4) is 0 Å². The Morgan fingerprint density at radius 1 is 1.61 bits per heavy atom. The Morgan fingerprint density at radius 2 is 2.33 bits per heavy atom. The Kier molecular flexibility index (Phi) is 3.75. The zero-order chi connectivity index (χ0) is 13.3. The highest BCUT2D eigenvalue weighted by molar-refractivity contribution is 5.07. The van der Waals surface area contributed by atoms with E-state index in [2.05, 4.69) is 30.7 Å². The van der Waals surface area contributed by atoms with E-state index in [1.807, 2.05) is 24.1 Å². The minimum atomic E-state index is -0.121. The molecule has 5 heteroatoms. The first-order valence-electron chi connectivity index (χ1n) is 6.51. The van der Waals surface area contributed by atoms with Crippen LogP contribution in [0.4, 0.5) is 0 Å². The molecule has 1 aliphatic heterocycles. The van der Waals surface area contributed by atoms with Gasteiger partial charge < -0.3 is 15.0 Å². The molecule has 1 aliphatic rings. The zero-order valence-corrected chi connectivity index (χ0v) is 11.8. The maximum absolute atomic E-state index is 5.97. The van der Waals surface area contributed by atoms with Gasteiger partial charge in [-0.2, -0.15) is 0 Å². The van der Waals surface area contributed by atoms with E-state index in [4.69, 9.17) is 10.5 Å². The molecule has 1 saturated heterocycles. The maximum atomic E-state index is 5.97. The Morgan fingerprint density at radius 3 is 2.83 bits per heavy atom. The first-order chi connectivity index (χ1) is 8.43. The van der Waals surface area contributed by atoms with Crippen LogP contribution in [-0.4, -0.2) is 45.8 Å². The van der Waals surface area contributed by atoms with E-state index in [9.17, 15) is 0 Å². The lowest BCUT2D eigenvalue weighted by Crippen LogP contribution is -2.54. The number of morpholine rings is 1. The summed E-state index contributed by atoms with van der Waals surface area (Å²) in [6, 6.07) is 0.211. The predicted octanol–water partition coefficient (Wildman–Crippen LogP) is 0.919. The van der Waals surface area contributed by atoms with Gasteiger partial charge in [-0.15, -0.1) is 0 Å². The quantitative estimate of drug-likeness (QED) is 0.869. The van der Waals surface area contributed by atoms with Crippen LogP contribution in [0.2, 0.25) is 0 Å². The summed E-state index contributed by atoms with van der Waals surface area (Å²) in [6.07, 6.45) is 3.97. The lowest BCUT2D eigenvalue weighted by atomic mass is 10.0. The third-order valence-electron chi connectivity index (χ3n) is 3.46. The number of imidazole rings is 1. The van der Waals surface area contributed by atoms with Crippen LogP contribution >= 0.6 is 0 Å². The molecule has 2 N–H and O–H groups in total. The fourth-order valence-corrected chi connectivity index (χ4v) is 2.89. The number of aromatic nitrogens is 2. The van der Waals surface area contributed by atoms with Crippen molar-refractivity contribution in [2.24, 2.45) is 12.8 Å². The standard InChI is InChI=1S/C13H24N4O/c1-10-7-17(8-13(2,3)18-10)11(5-14)12-6-15-9-16(12)4/h6,9-11H,5,7-8,14H2,1-4H3. The molecule has 0 aliphatic carbocycles. The Bertz CT molecular complexity index is 401. The van der Waals surface area contributed by atoms with Crippen LogP contribution in [0.1, 0.15) is 32.5 Å². The Labute approximate surface area is 109 Å². The lowest BCUT2D eigenvalue weighted by molar-refractivity contribution is -0.138. The van der Waals surface area contributed by atoms with Gasteiger partial charge in [-0.05, 0) is 20.8 Å². The second-order valence-corrected chi connectivity index (χ2v) is 5.80. The van der Waals surface area contributed by atoms with E-state index >= 15 is 0 Å².